The Morgan fingerprint density at radius 3 is 2.56 bits per heavy atom. The Morgan fingerprint density at radius 2 is 1.80 bits per heavy atom. The van der Waals surface area contributed by atoms with Crippen LogP contribution in [0.25, 0.3) is 17.4 Å². The van der Waals surface area contributed by atoms with Gasteiger partial charge in [0.15, 0.2) is 0 Å². The van der Waals surface area contributed by atoms with Gasteiger partial charge in [0.2, 0.25) is 5.91 Å². The fourth-order valence-corrected chi connectivity index (χ4v) is 2.91. The van der Waals surface area contributed by atoms with Crippen LogP contribution in [0.3, 0.4) is 0 Å². The topological polar surface area (TPSA) is 42.2 Å². The van der Waals surface area contributed by atoms with Crippen molar-refractivity contribution < 1.29 is 9.21 Å². The zero-order chi connectivity index (χ0) is 17.8. The number of hydrogen-bond acceptors (Lipinski definition) is 2. The third kappa shape index (κ3) is 4.66. The van der Waals surface area contributed by atoms with E-state index in [0.717, 1.165) is 9.26 Å². The number of anilines is 1. The van der Waals surface area contributed by atoms with Gasteiger partial charge >= 0.3 is 0 Å². The van der Waals surface area contributed by atoms with Crippen molar-refractivity contribution in [2.75, 3.05) is 5.32 Å². The second-order valence-electron chi connectivity index (χ2n) is 5.13. The highest BCUT2D eigenvalue weighted by atomic mass is 127. The first kappa shape index (κ1) is 18.0. The van der Waals surface area contributed by atoms with E-state index in [1.54, 1.807) is 30.3 Å². The quantitative estimate of drug-likeness (QED) is 0.339. The van der Waals surface area contributed by atoms with E-state index in [-0.39, 0.29) is 5.91 Å². The van der Waals surface area contributed by atoms with E-state index in [4.69, 9.17) is 27.6 Å². The molecule has 3 aromatic rings. The number of amides is 1. The molecule has 0 bridgehead atoms. The summed E-state index contributed by atoms with van der Waals surface area (Å²) in [5, 5.41) is 3.68. The SMILES string of the molecule is O=C(C=Cc1ccc(-c2cccc(Cl)c2Cl)o1)Nc1ccc(I)cc1. The molecule has 6 heteroatoms. The summed E-state index contributed by atoms with van der Waals surface area (Å²) in [5.41, 5.74) is 1.44. The van der Waals surface area contributed by atoms with Crippen molar-refractivity contribution in [2.45, 2.75) is 0 Å². The number of furan rings is 1. The van der Waals surface area contributed by atoms with Crippen LogP contribution >= 0.6 is 45.8 Å². The Hall–Kier alpha value is -1.76. The van der Waals surface area contributed by atoms with Gasteiger partial charge < -0.3 is 9.73 Å². The van der Waals surface area contributed by atoms with Gasteiger partial charge in [-0.25, -0.2) is 0 Å². The molecule has 0 unspecified atom stereocenters. The lowest BCUT2D eigenvalue weighted by atomic mass is 10.2. The van der Waals surface area contributed by atoms with Crippen LogP contribution < -0.4 is 5.32 Å². The van der Waals surface area contributed by atoms with E-state index in [9.17, 15) is 4.79 Å². The molecule has 2 aromatic carbocycles. The minimum absolute atomic E-state index is 0.236. The van der Waals surface area contributed by atoms with E-state index in [0.29, 0.717) is 27.1 Å². The molecule has 0 saturated carbocycles. The Morgan fingerprint density at radius 1 is 1.04 bits per heavy atom. The minimum atomic E-state index is -0.236. The molecule has 0 spiro atoms. The van der Waals surface area contributed by atoms with Gasteiger partial charge in [0, 0.05) is 20.9 Å². The van der Waals surface area contributed by atoms with Gasteiger partial charge in [-0.05, 0) is 77.2 Å². The predicted octanol–water partition coefficient (Wildman–Crippen LogP) is 6.51. The van der Waals surface area contributed by atoms with Crippen LogP contribution in [0, 0.1) is 3.57 Å². The number of benzene rings is 2. The lowest BCUT2D eigenvalue weighted by molar-refractivity contribution is -0.111. The van der Waals surface area contributed by atoms with Crippen molar-refractivity contribution in [3.63, 3.8) is 0 Å². The van der Waals surface area contributed by atoms with Crippen molar-refractivity contribution in [3.05, 3.63) is 80.0 Å². The molecule has 0 atom stereocenters. The van der Waals surface area contributed by atoms with Gasteiger partial charge in [-0.15, -0.1) is 0 Å². The van der Waals surface area contributed by atoms with E-state index < -0.39 is 0 Å². The number of carbonyl (C=O) groups is 1. The molecule has 0 fully saturated rings. The van der Waals surface area contributed by atoms with Crippen LogP contribution in [0.1, 0.15) is 5.76 Å². The third-order valence-electron chi connectivity index (χ3n) is 3.35. The first-order chi connectivity index (χ1) is 12.0. The predicted molar refractivity (Wildman–Crippen MR) is 111 cm³/mol. The van der Waals surface area contributed by atoms with Crippen LogP contribution in [0.4, 0.5) is 5.69 Å². The molecular formula is C19H12Cl2INO2. The van der Waals surface area contributed by atoms with E-state index in [2.05, 4.69) is 27.9 Å². The highest BCUT2D eigenvalue weighted by Gasteiger charge is 2.10. The molecule has 0 aliphatic heterocycles. The molecule has 3 nitrogen and oxygen atoms in total. The maximum absolute atomic E-state index is 12.0. The zero-order valence-corrected chi connectivity index (χ0v) is 16.5. The van der Waals surface area contributed by atoms with Gasteiger partial charge in [-0.1, -0.05) is 29.3 Å². The van der Waals surface area contributed by atoms with Crippen molar-refractivity contribution in [3.8, 4) is 11.3 Å². The fourth-order valence-electron chi connectivity index (χ4n) is 2.16. The van der Waals surface area contributed by atoms with Crippen molar-refractivity contribution in [2.24, 2.45) is 0 Å². The number of rotatable bonds is 4. The average Bonchev–Trinajstić information content (AvgIpc) is 3.06. The van der Waals surface area contributed by atoms with Gasteiger partial charge in [0.25, 0.3) is 0 Å². The first-order valence-electron chi connectivity index (χ1n) is 7.32. The van der Waals surface area contributed by atoms with Crippen LogP contribution in [0.15, 0.2) is 65.1 Å². The van der Waals surface area contributed by atoms with Gasteiger partial charge in [0.05, 0.1) is 10.0 Å². The second-order valence-corrected chi connectivity index (χ2v) is 7.16. The number of hydrogen-bond donors (Lipinski definition) is 1. The normalized spacial score (nSPS) is 11.0. The minimum Gasteiger partial charge on any atom is -0.457 e. The molecule has 0 saturated heterocycles. The van der Waals surface area contributed by atoms with Crippen molar-refractivity contribution >= 4 is 63.5 Å². The smallest absolute Gasteiger partial charge is 0.248 e. The summed E-state index contributed by atoms with van der Waals surface area (Å²) in [6.45, 7) is 0. The summed E-state index contributed by atoms with van der Waals surface area (Å²) >= 11 is 14.4. The summed E-state index contributed by atoms with van der Waals surface area (Å²) in [4.78, 5) is 12.0. The molecule has 0 aliphatic carbocycles. The van der Waals surface area contributed by atoms with E-state index in [1.807, 2.05) is 30.3 Å². The molecule has 3 rings (SSSR count). The van der Waals surface area contributed by atoms with Gasteiger partial charge in [-0.2, -0.15) is 0 Å². The molecule has 1 N–H and O–H groups in total. The van der Waals surface area contributed by atoms with E-state index >= 15 is 0 Å². The lowest BCUT2D eigenvalue weighted by Gasteiger charge is -2.02. The maximum Gasteiger partial charge on any atom is 0.248 e. The molecule has 0 radical (unpaired) electrons. The number of nitrogens with one attached hydrogen (secondary N) is 1. The lowest BCUT2D eigenvalue weighted by Crippen LogP contribution is -2.07. The summed E-state index contributed by atoms with van der Waals surface area (Å²) in [6.07, 6.45) is 3.02. The summed E-state index contributed by atoms with van der Waals surface area (Å²) in [7, 11) is 0. The number of halogens is 3. The monoisotopic (exact) mass is 483 g/mol. The van der Waals surface area contributed by atoms with Crippen molar-refractivity contribution in [1.29, 1.82) is 0 Å². The molecule has 1 heterocycles. The van der Waals surface area contributed by atoms with Crippen LogP contribution in [-0.4, -0.2) is 5.91 Å². The van der Waals surface area contributed by atoms with Gasteiger partial charge in [-0.3, -0.25) is 4.79 Å². The van der Waals surface area contributed by atoms with Gasteiger partial charge in [0.1, 0.15) is 11.5 Å². The number of carbonyl (C=O) groups excluding carboxylic acids is 1. The van der Waals surface area contributed by atoms with Crippen LogP contribution in [0.5, 0.6) is 0 Å². The molecular weight excluding hydrogens is 472 g/mol. The molecule has 126 valence electrons. The summed E-state index contributed by atoms with van der Waals surface area (Å²) < 4.78 is 6.82. The van der Waals surface area contributed by atoms with Crippen molar-refractivity contribution in [1.82, 2.24) is 0 Å². The standard InChI is InChI=1S/C19H12Cl2INO2/c20-16-3-1-2-15(19(16)21)17-10-8-14(25-17)9-11-18(24)23-13-6-4-12(22)5-7-13/h1-11H,(H,23,24). The maximum atomic E-state index is 12.0. The van der Waals surface area contributed by atoms with E-state index in [1.165, 1.54) is 6.08 Å². The summed E-state index contributed by atoms with van der Waals surface area (Å²) in [5.74, 6) is 0.897. The Balaban J connectivity index is 1.70. The molecule has 1 aromatic heterocycles. The third-order valence-corrected chi connectivity index (χ3v) is 4.89. The summed E-state index contributed by atoms with van der Waals surface area (Å²) in [6, 6.07) is 16.4. The molecule has 0 aliphatic rings. The fraction of sp³-hybridized carbons (Fsp3) is 0. The second kappa shape index (κ2) is 8.08. The Bertz CT molecular complexity index is 933. The van der Waals surface area contributed by atoms with Crippen LogP contribution in [-0.2, 0) is 4.79 Å². The molecule has 25 heavy (non-hydrogen) atoms. The van der Waals surface area contributed by atoms with Crippen LogP contribution in [0.2, 0.25) is 10.0 Å². The highest BCUT2D eigenvalue weighted by molar-refractivity contribution is 14.1. The zero-order valence-electron chi connectivity index (χ0n) is 12.8. The Kier molecular flexibility index (Phi) is 5.83. The highest BCUT2D eigenvalue weighted by Crippen LogP contribution is 2.34. The largest absolute Gasteiger partial charge is 0.457 e. The Labute approximate surface area is 168 Å². The molecule has 1 amide bonds. The first-order valence-corrected chi connectivity index (χ1v) is 9.15. The average molecular weight is 484 g/mol.